The van der Waals surface area contributed by atoms with E-state index in [0.717, 1.165) is 28.6 Å². The summed E-state index contributed by atoms with van der Waals surface area (Å²) in [4.78, 5) is 18.9. The Balaban J connectivity index is 0.000000177. The third-order valence-corrected chi connectivity index (χ3v) is 5.68. The Bertz CT molecular complexity index is 1570. The number of nitrogens with zero attached hydrogens (tertiary/aromatic N) is 2. The average molecular weight is 700 g/mol. The second-order valence-electron chi connectivity index (χ2n) is 8.68. The van der Waals surface area contributed by atoms with Crippen molar-refractivity contribution in [2.75, 3.05) is 0 Å². The number of carbonyl (C=O) groups excluding carboxylic acids is 1. The number of ketones is 1. The van der Waals surface area contributed by atoms with E-state index in [1.807, 2.05) is 97.3 Å². The number of rotatable bonds is 3. The molecule has 0 spiro atoms. The van der Waals surface area contributed by atoms with Gasteiger partial charge in [-0.25, -0.2) is 0 Å². The van der Waals surface area contributed by atoms with E-state index in [1.165, 1.54) is 35.4 Å². The maximum absolute atomic E-state index is 9.98. The van der Waals surface area contributed by atoms with E-state index in [2.05, 4.69) is 46.4 Å². The summed E-state index contributed by atoms with van der Waals surface area (Å²) in [5.74, 6) is -0.375. The number of fused-ring (bicyclic) bond motifs is 2. The van der Waals surface area contributed by atoms with E-state index < -0.39 is 0 Å². The molecular formula is C35H27IrN2O2. The molecule has 0 bridgehead atoms. The van der Waals surface area contributed by atoms with Gasteiger partial charge in [0.05, 0.1) is 0 Å². The van der Waals surface area contributed by atoms with Gasteiger partial charge >= 0.3 is 20.1 Å². The maximum Gasteiger partial charge on any atom is 3.00 e. The van der Waals surface area contributed by atoms with Crippen LogP contribution in [-0.2, 0) is 24.9 Å². The van der Waals surface area contributed by atoms with Crippen LogP contribution in [0, 0.1) is 12.1 Å². The fourth-order valence-electron chi connectivity index (χ4n) is 4.04. The molecule has 0 aliphatic heterocycles. The van der Waals surface area contributed by atoms with Gasteiger partial charge in [-0.1, -0.05) is 55.5 Å². The molecule has 0 fully saturated rings. The van der Waals surface area contributed by atoms with Gasteiger partial charge in [0, 0.05) is 12.4 Å². The van der Waals surface area contributed by atoms with Crippen molar-refractivity contribution in [2.45, 2.75) is 13.8 Å². The second-order valence-corrected chi connectivity index (χ2v) is 8.68. The first-order valence-electron chi connectivity index (χ1n) is 12.5. The van der Waals surface area contributed by atoms with Crippen LogP contribution >= 0.6 is 0 Å². The zero-order valence-electron chi connectivity index (χ0n) is 22.2. The number of hydrogen-bond donors (Lipinski definition) is 0. The van der Waals surface area contributed by atoms with Crippen molar-refractivity contribution < 1.29 is 30.0 Å². The first kappa shape index (κ1) is 30.1. The monoisotopic (exact) mass is 700 g/mol. The number of hydrogen-bond acceptors (Lipinski definition) is 4. The molecule has 6 rings (SSSR count). The Morgan fingerprint density at radius 2 is 1.07 bits per heavy atom. The summed E-state index contributed by atoms with van der Waals surface area (Å²) >= 11 is 0. The van der Waals surface area contributed by atoms with Gasteiger partial charge in [0.2, 0.25) is 0 Å². The Morgan fingerprint density at radius 1 is 0.650 bits per heavy atom. The SMILES string of the molecule is CC(=O)/C=C(/C)[O-].[Ir+3].[c-]1ccccc1-c1nccc2ccccc12.[c-]1ccccc1-c1nccc2ccccc12. The molecule has 198 valence electrons. The molecule has 2 aromatic heterocycles. The fraction of sp³-hybridized carbons (Fsp3) is 0.0571. The number of carbonyl (C=O) groups is 1. The van der Waals surface area contributed by atoms with Gasteiger partial charge in [0.1, 0.15) is 0 Å². The van der Waals surface area contributed by atoms with Crippen molar-refractivity contribution in [2.24, 2.45) is 0 Å². The standard InChI is InChI=1S/2C15H10N.C5H8O2.Ir/c2*1-2-7-13(8-3-1)15-14-9-5-4-6-12(14)10-11-16-15;1-4(6)3-5(2)7;/h2*1-7,9-11H;3,6H,1-2H3;/q2*-1;;+3/p-1/b;;4-3-;. The predicted octanol–water partition coefficient (Wildman–Crippen LogP) is 7.24. The molecule has 0 radical (unpaired) electrons. The van der Waals surface area contributed by atoms with Gasteiger partial charge in [-0.15, -0.1) is 77.5 Å². The Kier molecular flexibility index (Phi) is 11.5. The van der Waals surface area contributed by atoms with E-state index >= 15 is 0 Å². The molecule has 40 heavy (non-hydrogen) atoms. The van der Waals surface area contributed by atoms with E-state index in [0.29, 0.717) is 0 Å². The number of allylic oxidation sites excluding steroid dienone is 2. The molecule has 0 N–H and O–H groups in total. The van der Waals surface area contributed by atoms with Crippen molar-refractivity contribution in [3.05, 3.63) is 146 Å². The summed E-state index contributed by atoms with van der Waals surface area (Å²) in [6.45, 7) is 2.70. The quantitative estimate of drug-likeness (QED) is 0.111. The summed E-state index contributed by atoms with van der Waals surface area (Å²) < 4.78 is 0. The molecule has 0 atom stereocenters. The van der Waals surface area contributed by atoms with E-state index in [1.54, 1.807) is 0 Å². The van der Waals surface area contributed by atoms with Crippen molar-refractivity contribution >= 4 is 27.3 Å². The Hall–Kier alpha value is -4.44. The van der Waals surface area contributed by atoms with Crippen LogP contribution in [0.5, 0.6) is 0 Å². The topological polar surface area (TPSA) is 65.9 Å². The van der Waals surface area contributed by atoms with Gasteiger partial charge < -0.3 is 15.1 Å². The molecule has 0 saturated heterocycles. The van der Waals surface area contributed by atoms with E-state index in [-0.39, 0.29) is 31.6 Å². The van der Waals surface area contributed by atoms with Crippen LogP contribution in [0.1, 0.15) is 13.8 Å². The number of aromatic nitrogens is 2. The molecule has 0 unspecified atom stereocenters. The van der Waals surface area contributed by atoms with Gasteiger partial charge in [-0.3, -0.25) is 4.79 Å². The molecule has 4 nitrogen and oxygen atoms in total. The zero-order chi connectivity index (χ0) is 27.5. The molecule has 5 heteroatoms. The summed E-state index contributed by atoms with van der Waals surface area (Å²) in [7, 11) is 0. The molecular weight excluding hydrogens is 673 g/mol. The number of pyridine rings is 2. The van der Waals surface area contributed by atoms with Crippen molar-refractivity contribution in [1.82, 2.24) is 9.97 Å². The minimum Gasteiger partial charge on any atom is -0.876 e. The smallest absolute Gasteiger partial charge is 0.876 e. The Labute approximate surface area is 248 Å². The fourth-order valence-corrected chi connectivity index (χ4v) is 4.04. The van der Waals surface area contributed by atoms with Gasteiger partial charge in [-0.05, 0) is 58.1 Å². The van der Waals surface area contributed by atoms with Crippen LogP contribution in [0.25, 0.3) is 44.1 Å². The largest absolute Gasteiger partial charge is 3.00 e. The van der Waals surface area contributed by atoms with Crippen LogP contribution in [-0.4, -0.2) is 15.8 Å². The van der Waals surface area contributed by atoms with E-state index in [4.69, 9.17) is 0 Å². The first-order valence-corrected chi connectivity index (χ1v) is 12.5. The van der Waals surface area contributed by atoms with Crippen molar-refractivity contribution in [3.63, 3.8) is 0 Å². The van der Waals surface area contributed by atoms with Crippen LogP contribution in [0.15, 0.2) is 133 Å². The molecule has 2 heterocycles. The number of benzene rings is 4. The molecule has 0 amide bonds. The summed E-state index contributed by atoms with van der Waals surface area (Å²) in [5, 5.41) is 14.8. The van der Waals surface area contributed by atoms with Crippen LogP contribution in [0.2, 0.25) is 0 Å². The van der Waals surface area contributed by atoms with Gasteiger partial charge in [0.25, 0.3) is 0 Å². The van der Waals surface area contributed by atoms with Gasteiger partial charge in [-0.2, -0.15) is 0 Å². The second kappa shape index (κ2) is 15.2. The average Bonchev–Trinajstić information content (AvgIpc) is 2.97. The normalized spacial score (nSPS) is 10.4. The maximum atomic E-state index is 9.98. The minimum absolute atomic E-state index is 0. The Morgan fingerprint density at radius 3 is 1.43 bits per heavy atom. The molecule has 6 aromatic rings. The third kappa shape index (κ3) is 8.28. The van der Waals surface area contributed by atoms with Crippen molar-refractivity contribution in [3.8, 4) is 22.5 Å². The summed E-state index contributed by atoms with van der Waals surface area (Å²) in [6, 6.07) is 42.9. The van der Waals surface area contributed by atoms with Crippen LogP contribution in [0.4, 0.5) is 0 Å². The first-order chi connectivity index (χ1) is 19.0. The summed E-state index contributed by atoms with van der Waals surface area (Å²) in [5.41, 5.74) is 4.08. The van der Waals surface area contributed by atoms with E-state index in [9.17, 15) is 9.90 Å². The molecule has 0 aliphatic rings. The van der Waals surface area contributed by atoms with Crippen LogP contribution < -0.4 is 5.11 Å². The van der Waals surface area contributed by atoms with Crippen LogP contribution in [0.3, 0.4) is 0 Å². The summed E-state index contributed by atoms with van der Waals surface area (Å²) in [6.07, 6.45) is 4.75. The molecule has 0 aliphatic carbocycles. The third-order valence-electron chi connectivity index (χ3n) is 5.68. The van der Waals surface area contributed by atoms with Crippen molar-refractivity contribution in [1.29, 1.82) is 0 Å². The minimum atomic E-state index is -0.187. The van der Waals surface area contributed by atoms with Gasteiger partial charge in [0.15, 0.2) is 5.78 Å². The molecule has 4 aromatic carbocycles. The molecule has 0 saturated carbocycles. The predicted molar refractivity (Wildman–Crippen MR) is 156 cm³/mol. The zero-order valence-corrected chi connectivity index (χ0v) is 24.6.